The van der Waals surface area contributed by atoms with E-state index >= 15 is 0 Å². The van der Waals surface area contributed by atoms with Crippen molar-refractivity contribution in [2.75, 3.05) is 26.3 Å². The number of piperidine rings is 1. The molecule has 0 radical (unpaired) electrons. The van der Waals surface area contributed by atoms with Crippen molar-refractivity contribution in [1.82, 2.24) is 15.4 Å². The molecule has 2 aliphatic rings. The minimum Gasteiger partial charge on any atom is -0.379 e. The van der Waals surface area contributed by atoms with Crippen LogP contribution in [-0.2, 0) is 11.3 Å². The third-order valence-electron chi connectivity index (χ3n) is 5.61. The normalized spacial score (nSPS) is 21.5. The molecule has 7 heteroatoms. The van der Waals surface area contributed by atoms with Crippen molar-refractivity contribution >= 4 is 17.5 Å². The monoisotopic (exact) mass is 403 g/mol. The third-order valence-corrected chi connectivity index (χ3v) is 5.97. The van der Waals surface area contributed by atoms with Crippen LogP contribution in [0, 0.1) is 0 Å². The van der Waals surface area contributed by atoms with Gasteiger partial charge in [-0.2, -0.15) is 0 Å². The molecule has 4 rings (SSSR count). The summed E-state index contributed by atoms with van der Waals surface area (Å²) in [6, 6.07) is 9.85. The summed E-state index contributed by atoms with van der Waals surface area (Å²) in [4.78, 5) is 14.8. The van der Waals surface area contributed by atoms with Gasteiger partial charge in [0.1, 0.15) is 0 Å². The number of hydrogen-bond donors (Lipinski definition) is 1. The van der Waals surface area contributed by atoms with E-state index in [1.807, 2.05) is 18.2 Å². The van der Waals surface area contributed by atoms with Crippen molar-refractivity contribution in [3.63, 3.8) is 0 Å². The molecule has 2 saturated heterocycles. The van der Waals surface area contributed by atoms with Gasteiger partial charge in [0.25, 0.3) is 5.91 Å². The van der Waals surface area contributed by atoms with Crippen LogP contribution >= 0.6 is 11.6 Å². The average Bonchev–Trinajstić information content (AvgIpc) is 3.22. The Balaban J connectivity index is 1.29. The largest absolute Gasteiger partial charge is 0.379 e. The molecule has 2 aromatic rings. The molecule has 0 saturated carbocycles. The number of nitrogens with one attached hydrogen (secondary N) is 1. The van der Waals surface area contributed by atoms with Gasteiger partial charge in [0.2, 0.25) is 5.76 Å². The predicted molar refractivity (Wildman–Crippen MR) is 107 cm³/mol. The summed E-state index contributed by atoms with van der Waals surface area (Å²) in [5, 5.41) is 7.96. The SMILES string of the molecule is O=C(N[C@H]1CCCOC1)c1cc(C2CCN(Cc3ccccc3Cl)CC2)no1. The Hall–Kier alpha value is -1.89. The summed E-state index contributed by atoms with van der Waals surface area (Å²) in [6.07, 6.45) is 3.90. The van der Waals surface area contributed by atoms with Crippen LogP contribution in [0.25, 0.3) is 0 Å². The number of nitrogens with zero attached hydrogens (tertiary/aromatic N) is 2. The molecule has 1 aromatic heterocycles. The van der Waals surface area contributed by atoms with E-state index in [4.69, 9.17) is 20.9 Å². The van der Waals surface area contributed by atoms with Crippen LogP contribution in [-0.4, -0.2) is 48.3 Å². The second-order valence-corrected chi connectivity index (χ2v) is 8.05. The first-order valence-electron chi connectivity index (χ1n) is 10.00. The number of ether oxygens (including phenoxy) is 1. The summed E-state index contributed by atoms with van der Waals surface area (Å²) in [5.74, 6) is 0.412. The standard InChI is InChI=1S/C21H26ClN3O3/c22-18-6-2-1-4-16(18)13-25-9-7-15(8-10-25)19-12-20(28-24-19)21(26)23-17-5-3-11-27-14-17/h1-2,4,6,12,15,17H,3,5,7-11,13-14H2,(H,23,26)/t17-/m0/s1. The van der Waals surface area contributed by atoms with Crippen LogP contribution in [0.5, 0.6) is 0 Å². The van der Waals surface area contributed by atoms with Crippen molar-refractivity contribution in [2.24, 2.45) is 0 Å². The molecule has 1 amide bonds. The Kier molecular flexibility index (Phi) is 6.29. The van der Waals surface area contributed by atoms with Gasteiger partial charge < -0.3 is 14.6 Å². The lowest BCUT2D eigenvalue weighted by molar-refractivity contribution is 0.0608. The Morgan fingerprint density at radius 1 is 1.25 bits per heavy atom. The Morgan fingerprint density at radius 2 is 2.07 bits per heavy atom. The zero-order valence-electron chi connectivity index (χ0n) is 15.9. The fourth-order valence-electron chi connectivity index (χ4n) is 3.95. The highest BCUT2D eigenvalue weighted by atomic mass is 35.5. The number of likely N-dealkylation sites (tertiary alicyclic amines) is 1. The zero-order chi connectivity index (χ0) is 19.3. The van der Waals surface area contributed by atoms with E-state index in [-0.39, 0.29) is 11.9 Å². The van der Waals surface area contributed by atoms with Gasteiger partial charge in [0.15, 0.2) is 0 Å². The van der Waals surface area contributed by atoms with Crippen molar-refractivity contribution in [3.8, 4) is 0 Å². The first-order valence-corrected chi connectivity index (χ1v) is 10.4. The van der Waals surface area contributed by atoms with E-state index in [1.165, 1.54) is 0 Å². The van der Waals surface area contributed by atoms with Crippen LogP contribution in [0.1, 0.15) is 53.4 Å². The highest BCUT2D eigenvalue weighted by molar-refractivity contribution is 6.31. The molecule has 2 aliphatic heterocycles. The third kappa shape index (κ3) is 4.74. The lowest BCUT2D eigenvalue weighted by atomic mass is 9.93. The number of halogens is 1. The molecule has 1 aromatic carbocycles. The maximum atomic E-state index is 12.4. The first-order chi connectivity index (χ1) is 13.7. The van der Waals surface area contributed by atoms with Gasteiger partial charge in [0, 0.05) is 30.2 Å². The lowest BCUT2D eigenvalue weighted by Gasteiger charge is -2.31. The molecule has 1 atom stereocenters. The maximum Gasteiger partial charge on any atom is 0.290 e. The molecule has 2 fully saturated rings. The van der Waals surface area contributed by atoms with Gasteiger partial charge in [-0.1, -0.05) is 35.0 Å². The van der Waals surface area contributed by atoms with Crippen molar-refractivity contribution < 1.29 is 14.1 Å². The van der Waals surface area contributed by atoms with E-state index in [9.17, 15) is 4.79 Å². The molecule has 0 aliphatic carbocycles. The van der Waals surface area contributed by atoms with Crippen LogP contribution < -0.4 is 5.32 Å². The molecule has 0 unspecified atom stereocenters. The minimum atomic E-state index is -0.203. The molecule has 0 spiro atoms. The van der Waals surface area contributed by atoms with E-state index in [0.29, 0.717) is 18.3 Å². The zero-order valence-corrected chi connectivity index (χ0v) is 16.7. The number of hydrogen-bond acceptors (Lipinski definition) is 5. The smallest absolute Gasteiger partial charge is 0.290 e. The molecule has 3 heterocycles. The van der Waals surface area contributed by atoms with Gasteiger partial charge >= 0.3 is 0 Å². The van der Waals surface area contributed by atoms with Crippen LogP contribution in [0.3, 0.4) is 0 Å². The van der Waals surface area contributed by atoms with Gasteiger partial charge in [-0.05, 0) is 50.4 Å². The number of carbonyl (C=O) groups is 1. The number of benzene rings is 1. The van der Waals surface area contributed by atoms with Gasteiger partial charge in [-0.3, -0.25) is 9.69 Å². The Bertz CT molecular complexity index is 796. The second kappa shape index (κ2) is 9.07. The maximum absolute atomic E-state index is 12.4. The number of aromatic nitrogens is 1. The van der Waals surface area contributed by atoms with Crippen LogP contribution in [0.4, 0.5) is 0 Å². The van der Waals surface area contributed by atoms with E-state index in [1.54, 1.807) is 6.07 Å². The minimum absolute atomic E-state index is 0.0582. The molecule has 150 valence electrons. The number of amides is 1. The fourth-order valence-corrected chi connectivity index (χ4v) is 4.15. The molecule has 1 N–H and O–H groups in total. The summed E-state index contributed by atoms with van der Waals surface area (Å²) in [5.41, 5.74) is 2.04. The summed E-state index contributed by atoms with van der Waals surface area (Å²) in [7, 11) is 0. The van der Waals surface area contributed by atoms with E-state index in [2.05, 4.69) is 21.4 Å². The van der Waals surface area contributed by atoms with Gasteiger partial charge in [-0.15, -0.1) is 0 Å². The highest BCUT2D eigenvalue weighted by Gasteiger charge is 2.26. The lowest BCUT2D eigenvalue weighted by Crippen LogP contribution is -2.40. The van der Waals surface area contributed by atoms with Gasteiger partial charge in [0.05, 0.1) is 18.3 Å². The fraction of sp³-hybridized carbons (Fsp3) is 0.524. The molecule has 0 bridgehead atoms. The second-order valence-electron chi connectivity index (χ2n) is 7.65. The van der Waals surface area contributed by atoms with Gasteiger partial charge in [-0.25, -0.2) is 0 Å². The average molecular weight is 404 g/mol. The molecular weight excluding hydrogens is 378 g/mol. The predicted octanol–water partition coefficient (Wildman–Crippen LogP) is 3.62. The van der Waals surface area contributed by atoms with E-state index in [0.717, 1.165) is 68.2 Å². The van der Waals surface area contributed by atoms with E-state index < -0.39 is 0 Å². The summed E-state index contributed by atoms with van der Waals surface area (Å²) < 4.78 is 10.7. The quantitative estimate of drug-likeness (QED) is 0.825. The molecule has 28 heavy (non-hydrogen) atoms. The first kappa shape index (κ1) is 19.4. The molecule has 6 nitrogen and oxygen atoms in total. The highest BCUT2D eigenvalue weighted by Crippen LogP contribution is 2.29. The van der Waals surface area contributed by atoms with Crippen molar-refractivity contribution in [2.45, 2.75) is 44.2 Å². The van der Waals surface area contributed by atoms with Crippen LogP contribution in [0.2, 0.25) is 5.02 Å². The van der Waals surface area contributed by atoms with Crippen LogP contribution in [0.15, 0.2) is 34.9 Å². The Morgan fingerprint density at radius 3 is 2.82 bits per heavy atom. The number of carbonyl (C=O) groups excluding carboxylic acids is 1. The number of rotatable bonds is 5. The van der Waals surface area contributed by atoms with Crippen molar-refractivity contribution in [3.05, 3.63) is 52.4 Å². The van der Waals surface area contributed by atoms with Crippen molar-refractivity contribution in [1.29, 1.82) is 0 Å². The topological polar surface area (TPSA) is 67.6 Å². The summed E-state index contributed by atoms with van der Waals surface area (Å²) >= 11 is 6.28. The summed E-state index contributed by atoms with van der Waals surface area (Å²) in [6.45, 7) is 4.15. The Labute approximate surface area is 170 Å². The molecular formula is C21H26ClN3O3.